The maximum absolute atomic E-state index is 12.0. The molecule has 2 fully saturated rings. The lowest BCUT2D eigenvalue weighted by molar-refractivity contribution is -0.382. The minimum Gasteiger partial charge on any atom is -0.367 e. The van der Waals surface area contributed by atoms with Crippen molar-refractivity contribution < 1.29 is 9.55 Å². The highest BCUT2D eigenvalue weighted by Crippen LogP contribution is 2.42. The van der Waals surface area contributed by atoms with E-state index in [-0.39, 0.29) is 22.2 Å². The number of piperazine rings is 1. The molecule has 0 atom stereocenters. The summed E-state index contributed by atoms with van der Waals surface area (Å²) >= 11 is 0. The smallest absolute Gasteiger partial charge is 0.323 e. The van der Waals surface area contributed by atoms with Crippen LogP contribution in [0, 0.1) is 10.1 Å². The van der Waals surface area contributed by atoms with Crippen molar-refractivity contribution in [2.75, 3.05) is 49.1 Å². The zero-order valence-electron chi connectivity index (χ0n) is 20.0. The molecule has 0 radical (unpaired) electrons. The van der Waals surface area contributed by atoms with Crippen molar-refractivity contribution in [3.8, 4) is 0 Å². The van der Waals surface area contributed by atoms with E-state index in [0.29, 0.717) is 11.2 Å². The monoisotopic (exact) mass is 484 g/mol. The molecule has 0 N–H and O–H groups in total. The average Bonchev–Trinajstić information content (AvgIpc) is 3.62. The van der Waals surface area contributed by atoms with E-state index in [1.165, 1.54) is 11.1 Å². The second-order valence-electron chi connectivity index (χ2n) is 9.42. The molecule has 36 heavy (non-hydrogen) atoms. The molecule has 184 valence electrons. The van der Waals surface area contributed by atoms with Gasteiger partial charge in [-0.05, 0) is 40.3 Å². The van der Waals surface area contributed by atoms with E-state index in [2.05, 4.69) is 73.5 Å². The summed E-state index contributed by atoms with van der Waals surface area (Å²) < 4.78 is 5.02. The van der Waals surface area contributed by atoms with Gasteiger partial charge in [-0.3, -0.25) is 15.0 Å². The van der Waals surface area contributed by atoms with Gasteiger partial charge in [-0.25, -0.2) is 4.63 Å². The third-order valence-corrected chi connectivity index (χ3v) is 7.35. The van der Waals surface area contributed by atoms with Gasteiger partial charge in [0.1, 0.15) is 5.69 Å². The number of aromatic nitrogens is 2. The summed E-state index contributed by atoms with van der Waals surface area (Å²) in [7, 11) is 0. The van der Waals surface area contributed by atoms with Crippen LogP contribution in [0.1, 0.15) is 30.0 Å². The fourth-order valence-corrected chi connectivity index (χ4v) is 5.63. The Morgan fingerprint density at radius 3 is 1.89 bits per heavy atom. The summed E-state index contributed by atoms with van der Waals surface area (Å²) in [4.78, 5) is 18.5. The van der Waals surface area contributed by atoms with Crippen molar-refractivity contribution >= 4 is 28.1 Å². The van der Waals surface area contributed by atoms with Crippen LogP contribution in [-0.4, -0.2) is 59.4 Å². The van der Waals surface area contributed by atoms with Crippen LogP contribution in [-0.2, 0) is 0 Å². The van der Waals surface area contributed by atoms with Gasteiger partial charge in [-0.1, -0.05) is 60.7 Å². The van der Waals surface area contributed by atoms with E-state index in [9.17, 15) is 10.1 Å². The Morgan fingerprint density at radius 2 is 1.31 bits per heavy atom. The Labute approximate surface area is 209 Å². The maximum Gasteiger partial charge on any atom is 0.323 e. The van der Waals surface area contributed by atoms with Gasteiger partial charge < -0.3 is 9.80 Å². The molecule has 0 aliphatic carbocycles. The third kappa shape index (κ3) is 4.05. The van der Waals surface area contributed by atoms with Gasteiger partial charge in [0.25, 0.3) is 0 Å². The molecule has 6 rings (SSSR count). The zero-order chi connectivity index (χ0) is 24.5. The highest BCUT2D eigenvalue weighted by Gasteiger charge is 2.33. The highest BCUT2D eigenvalue weighted by molar-refractivity contribution is 6.00. The van der Waals surface area contributed by atoms with Crippen LogP contribution < -0.4 is 9.80 Å². The average molecular weight is 485 g/mol. The number of benzene rings is 3. The zero-order valence-corrected chi connectivity index (χ0v) is 20.0. The van der Waals surface area contributed by atoms with Gasteiger partial charge in [0.15, 0.2) is 5.52 Å². The van der Waals surface area contributed by atoms with Crippen LogP contribution in [0.3, 0.4) is 0 Å². The summed E-state index contributed by atoms with van der Waals surface area (Å²) in [5, 5.41) is 20.1. The number of nitro benzene ring substituents is 1. The summed E-state index contributed by atoms with van der Waals surface area (Å²) in [6, 6.07) is 23.3. The Balaban J connectivity index is 1.32. The molecule has 0 spiro atoms. The van der Waals surface area contributed by atoms with Crippen LogP contribution in [0.4, 0.5) is 17.1 Å². The predicted molar refractivity (Wildman–Crippen MR) is 138 cm³/mol. The molecular formula is C27H28N6O3. The third-order valence-electron chi connectivity index (χ3n) is 7.35. The van der Waals surface area contributed by atoms with Gasteiger partial charge >= 0.3 is 5.69 Å². The number of anilines is 2. The number of hydrogen-bond acceptors (Lipinski definition) is 8. The fourth-order valence-electron chi connectivity index (χ4n) is 5.63. The highest BCUT2D eigenvalue weighted by atomic mass is 16.6. The molecule has 4 aromatic rings. The molecule has 2 saturated heterocycles. The first-order chi connectivity index (χ1) is 17.7. The fraction of sp³-hybridized carbons (Fsp3) is 0.333. The van der Waals surface area contributed by atoms with Crippen molar-refractivity contribution in [1.82, 2.24) is 15.2 Å². The summed E-state index contributed by atoms with van der Waals surface area (Å²) in [6.07, 6.45) is 2.06. The lowest BCUT2D eigenvalue weighted by Crippen LogP contribution is -2.48. The molecule has 9 heteroatoms. The normalized spacial score (nSPS) is 16.8. The molecular weight excluding hydrogens is 456 g/mol. The summed E-state index contributed by atoms with van der Waals surface area (Å²) in [5.41, 5.74) is 4.69. The molecule has 0 bridgehead atoms. The lowest BCUT2D eigenvalue weighted by atomic mass is 9.96. The number of fused-ring (bicyclic) bond motifs is 1. The molecule has 3 aromatic carbocycles. The van der Waals surface area contributed by atoms with E-state index in [1.807, 2.05) is 18.2 Å². The van der Waals surface area contributed by atoms with Gasteiger partial charge in [0.2, 0.25) is 5.52 Å². The van der Waals surface area contributed by atoms with E-state index >= 15 is 0 Å². The quantitative estimate of drug-likeness (QED) is 0.289. The van der Waals surface area contributed by atoms with Crippen LogP contribution in [0.15, 0.2) is 71.4 Å². The topological polar surface area (TPSA) is 91.8 Å². The molecule has 0 amide bonds. The number of nitro groups is 1. The van der Waals surface area contributed by atoms with Gasteiger partial charge in [0, 0.05) is 39.3 Å². The van der Waals surface area contributed by atoms with Crippen molar-refractivity contribution in [1.29, 1.82) is 0 Å². The van der Waals surface area contributed by atoms with Crippen LogP contribution >= 0.6 is 0 Å². The first-order valence-corrected chi connectivity index (χ1v) is 12.5. The molecule has 3 heterocycles. The Morgan fingerprint density at radius 1 is 0.750 bits per heavy atom. The standard InChI is InChI=1S/C27H28N6O3/c34-33(35)27-23(30-13-7-8-14-30)19-22(24-25(27)29-36-28-24)31-15-17-32(18-16-31)26(20-9-3-1-4-10-20)21-11-5-2-6-12-21/h1-6,9-12,19,26H,7-8,13-18H2. The van der Waals surface area contributed by atoms with Crippen LogP contribution in [0.5, 0.6) is 0 Å². The minimum atomic E-state index is -0.355. The van der Waals surface area contributed by atoms with Crippen molar-refractivity contribution in [2.45, 2.75) is 18.9 Å². The molecule has 0 saturated carbocycles. The van der Waals surface area contributed by atoms with Crippen molar-refractivity contribution in [3.05, 3.63) is 88.0 Å². The summed E-state index contributed by atoms with van der Waals surface area (Å²) in [5.74, 6) is 0. The number of rotatable bonds is 6. The van der Waals surface area contributed by atoms with E-state index in [1.54, 1.807) is 0 Å². The SMILES string of the molecule is O=[N+]([O-])c1c(N2CCCC2)cc(N2CCN(C(c3ccccc3)c3ccccc3)CC2)c2nonc12. The first-order valence-electron chi connectivity index (χ1n) is 12.5. The molecule has 2 aliphatic rings. The predicted octanol–water partition coefficient (Wildman–Crippen LogP) is 4.64. The van der Waals surface area contributed by atoms with Crippen molar-refractivity contribution in [2.24, 2.45) is 0 Å². The summed E-state index contributed by atoms with van der Waals surface area (Å²) in [6.45, 7) is 4.85. The number of hydrogen-bond donors (Lipinski definition) is 0. The van der Waals surface area contributed by atoms with Crippen LogP contribution in [0.25, 0.3) is 11.0 Å². The molecule has 2 aliphatic heterocycles. The van der Waals surface area contributed by atoms with Gasteiger partial charge in [0.05, 0.1) is 16.7 Å². The Bertz CT molecular complexity index is 1310. The first kappa shape index (κ1) is 22.5. The van der Waals surface area contributed by atoms with E-state index in [4.69, 9.17) is 4.63 Å². The molecule has 9 nitrogen and oxygen atoms in total. The second-order valence-corrected chi connectivity index (χ2v) is 9.42. The maximum atomic E-state index is 12.0. The Hall–Kier alpha value is -3.98. The molecule has 0 unspecified atom stereocenters. The van der Waals surface area contributed by atoms with E-state index in [0.717, 1.165) is 57.8 Å². The van der Waals surface area contributed by atoms with Gasteiger partial charge in [-0.2, -0.15) is 0 Å². The minimum absolute atomic E-state index is 0.0104. The van der Waals surface area contributed by atoms with Gasteiger partial charge in [-0.15, -0.1) is 0 Å². The number of nitrogens with zero attached hydrogens (tertiary/aromatic N) is 6. The van der Waals surface area contributed by atoms with Crippen molar-refractivity contribution in [3.63, 3.8) is 0 Å². The van der Waals surface area contributed by atoms with E-state index < -0.39 is 0 Å². The molecule has 1 aromatic heterocycles. The lowest BCUT2D eigenvalue weighted by Gasteiger charge is -2.40. The van der Waals surface area contributed by atoms with Crippen LogP contribution in [0.2, 0.25) is 0 Å². The second kappa shape index (κ2) is 9.58. The Kier molecular flexibility index (Phi) is 5.98. The largest absolute Gasteiger partial charge is 0.367 e.